The smallest absolute Gasteiger partial charge is 0.258 e. The van der Waals surface area contributed by atoms with Crippen molar-refractivity contribution >= 4 is 27.6 Å². The number of carbonyl (C=O) groups is 1. The van der Waals surface area contributed by atoms with Gasteiger partial charge < -0.3 is 0 Å². The van der Waals surface area contributed by atoms with E-state index in [1.807, 2.05) is 19.9 Å². The molecule has 2 heterocycles. The van der Waals surface area contributed by atoms with Gasteiger partial charge in [0.15, 0.2) is 0 Å². The standard InChI is InChI=1S/C16H18N4O3S/c1-11-9-12(2)18-16(17-11)19-15(21)13-5-3-6-14(10-13)20-7-4-8-24(20,22)23/h3,5-6,9-10H,4,7-8H2,1-2H3,(H,17,18,19,21). The Balaban J connectivity index is 1.84. The van der Waals surface area contributed by atoms with E-state index in [0.717, 1.165) is 11.4 Å². The third-order valence-corrected chi connectivity index (χ3v) is 5.57. The largest absolute Gasteiger partial charge is 0.290 e. The summed E-state index contributed by atoms with van der Waals surface area (Å²) in [6.07, 6.45) is 0.592. The summed E-state index contributed by atoms with van der Waals surface area (Å²) in [5.41, 5.74) is 2.38. The number of hydrogen-bond acceptors (Lipinski definition) is 5. The summed E-state index contributed by atoms with van der Waals surface area (Å²) in [5.74, 6) is -0.00466. The molecule has 1 aliphatic heterocycles. The maximum absolute atomic E-state index is 12.4. The molecule has 1 saturated heterocycles. The van der Waals surface area contributed by atoms with Gasteiger partial charge in [0, 0.05) is 23.5 Å². The third-order valence-electron chi connectivity index (χ3n) is 3.70. The van der Waals surface area contributed by atoms with Crippen molar-refractivity contribution in [3.63, 3.8) is 0 Å². The molecule has 8 heteroatoms. The molecule has 24 heavy (non-hydrogen) atoms. The molecule has 1 amide bonds. The summed E-state index contributed by atoms with van der Waals surface area (Å²) in [6, 6.07) is 8.37. The average Bonchev–Trinajstić information content (AvgIpc) is 2.85. The number of rotatable bonds is 3. The van der Waals surface area contributed by atoms with Gasteiger partial charge >= 0.3 is 0 Å². The Kier molecular flexibility index (Phi) is 4.23. The van der Waals surface area contributed by atoms with Gasteiger partial charge in [-0.05, 0) is 44.5 Å². The first kappa shape index (κ1) is 16.4. The summed E-state index contributed by atoms with van der Waals surface area (Å²) < 4.78 is 25.4. The summed E-state index contributed by atoms with van der Waals surface area (Å²) in [7, 11) is -3.28. The van der Waals surface area contributed by atoms with Crippen molar-refractivity contribution in [1.82, 2.24) is 9.97 Å². The molecular formula is C16H18N4O3S. The number of aromatic nitrogens is 2. The van der Waals surface area contributed by atoms with Crippen molar-refractivity contribution in [3.05, 3.63) is 47.3 Å². The number of aryl methyl sites for hydroxylation is 2. The normalized spacial score (nSPS) is 16.2. The van der Waals surface area contributed by atoms with E-state index >= 15 is 0 Å². The molecule has 0 saturated carbocycles. The van der Waals surface area contributed by atoms with Gasteiger partial charge in [-0.1, -0.05) is 6.07 Å². The van der Waals surface area contributed by atoms with E-state index in [1.54, 1.807) is 24.3 Å². The number of amides is 1. The highest BCUT2D eigenvalue weighted by Crippen LogP contribution is 2.25. The topological polar surface area (TPSA) is 92.3 Å². The number of sulfonamides is 1. The van der Waals surface area contributed by atoms with E-state index in [9.17, 15) is 13.2 Å². The van der Waals surface area contributed by atoms with Crippen LogP contribution < -0.4 is 9.62 Å². The van der Waals surface area contributed by atoms with Gasteiger partial charge in [0.2, 0.25) is 16.0 Å². The maximum Gasteiger partial charge on any atom is 0.258 e. The summed E-state index contributed by atoms with van der Waals surface area (Å²) >= 11 is 0. The molecule has 2 aromatic rings. The number of anilines is 2. The van der Waals surface area contributed by atoms with Crippen molar-refractivity contribution in [3.8, 4) is 0 Å². The van der Waals surface area contributed by atoms with Gasteiger partial charge in [-0.25, -0.2) is 18.4 Å². The van der Waals surface area contributed by atoms with Crippen LogP contribution in [0.4, 0.5) is 11.6 Å². The number of carbonyl (C=O) groups excluding carboxylic acids is 1. The first-order valence-corrected chi connectivity index (χ1v) is 9.20. The maximum atomic E-state index is 12.4. The van der Waals surface area contributed by atoms with Gasteiger partial charge in [0.1, 0.15) is 0 Å². The molecule has 0 spiro atoms. The Morgan fingerprint density at radius 3 is 2.50 bits per heavy atom. The van der Waals surface area contributed by atoms with Crippen molar-refractivity contribution in [1.29, 1.82) is 0 Å². The Morgan fingerprint density at radius 1 is 1.17 bits per heavy atom. The molecule has 0 unspecified atom stereocenters. The highest BCUT2D eigenvalue weighted by atomic mass is 32.2. The van der Waals surface area contributed by atoms with Crippen LogP contribution in [0.3, 0.4) is 0 Å². The van der Waals surface area contributed by atoms with Crippen LogP contribution in [0.1, 0.15) is 28.2 Å². The molecule has 126 valence electrons. The quantitative estimate of drug-likeness (QED) is 0.916. The summed E-state index contributed by atoms with van der Waals surface area (Å²) in [4.78, 5) is 20.8. The minimum Gasteiger partial charge on any atom is -0.290 e. The molecule has 1 aliphatic rings. The van der Waals surface area contributed by atoms with Gasteiger partial charge in [0.25, 0.3) is 5.91 Å². The van der Waals surface area contributed by atoms with Crippen LogP contribution >= 0.6 is 0 Å². The third kappa shape index (κ3) is 3.38. The van der Waals surface area contributed by atoms with Crippen LogP contribution in [-0.2, 0) is 10.0 Å². The highest BCUT2D eigenvalue weighted by Gasteiger charge is 2.28. The van der Waals surface area contributed by atoms with Crippen molar-refractivity contribution < 1.29 is 13.2 Å². The fourth-order valence-corrected chi connectivity index (χ4v) is 4.24. The molecule has 7 nitrogen and oxygen atoms in total. The number of nitrogens with zero attached hydrogens (tertiary/aromatic N) is 3. The van der Waals surface area contributed by atoms with Gasteiger partial charge in [-0.15, -0.1) is 0 Å². The number of nitrogens with one attached hydrogen (secondary N) is 1. The van der Waals surface area contributed by atoms with Crippen molar-refractivity contribution in [2.45, 2.75) is 20.3 Å². The van der Waals surface area contributed by atoms with Crippen LogP contribution in [0.5, 0.6) is 0 Å². The van der Waals surface area contributed by atoms with Crippen molar-refractivity contribution in [2.75, 3.05) is 21.9 Å². The molecule has 0 aliphatic carbocycles. The molecule has 0 radical (unpaired) electrons. The number of hydrogen-bond donors (Lipinski definition) is 1. The highest BCUT2D eigenvalue weighted by molar-refractivity contribution is 7.93. The summed E-state index contributed by atoms with van der Waals surface area (Å²) in [5, 5.41) is 2.65. The molecular weight excluding hydrogens is 328 g/mol. The zero-order valence-electron chi connectivity index (χ0n) is 13.5. The predicted molar refractivity (Wildman–Crippen MR) is 91.7 cm³/mol. The van der Waals surface area contributed by atoms with E-state index in [4.69, 9.17) is 0 Å². The van der Waals surface area contributed by atoms with E-state index in [1.165, 1.54) is 4.31 Å². The second-order valence-electron chi connectivity index (χ2n) is 5.72. The minimum atomic E-state index is -3.28. The first-order valence-electron chi connectivity index (χ1n) is 7.59. The van der Waals surface area contributed by atoms with Crippen LogP contribution in [-0.4, -0.2) is 36.6 Å². The Labute approximate surface area is 140 Å². The van der Waals surface area contributed by atoms with E-state index < -0.39 is 10.0 Å². The van der Waals surface area contributed by atoms with E-state index in [0.29, 0.717) is 24.2 Å². The lowest BCUT2D eigenvalue weighted by Crippen LogP contribution is -2.25. The molecule has 1 N–H and O–H groups in total. The Bertz CT molecular complexity index is 876. The van der Waals surface area contributed by atoms with E-state index in [-0.39, 0.29) is 17.6 Å². The monoisotopic (exact) mass is 346 g/mol. The van der Waals surface area contributed by atoms with Crippen LogP contribution in [0.15, 0.2) is 30.3 Å². The lowest BCUT2D eigenvalue weighted by molar-refractivity contribution is 0.102. The number of benzene rings is 1. The predicted octanol–water partition coefficient (Wildman–Crippen LogP) is 1.89. The lowest BCUT2D eigenvalue weighted by Gasteiger charge is -2.17. The molecule has 0 atom stereocenters. The fraction of sp³-hybridized carbons (Fsp3) is 0.312. The minimum absolute atomic E-state index is 0.139. The second-order valence-corrected chi connectivity index (χ2v) is 7.73. The molecule has 3 rings (SSSR count). The SMILES string of the molecule is Cc1cc(C)nc(NC(=O)c2cccc(N3CCCS3(=O)=O)c2)n1. The van der Waals surface area contributed by atoms with E-state index in [2.05, 4.69) is 15.3 Å². The van der Waals surface area contributed by atoms with Gasteiger partial charge in [-0.3, -0.25) is 14.4 Å². The molecule has 0 bridgehead atoms. The Hall–Kier alpha value is -2.48. The van der Waals surface area contributed by atoms with Gasteiger partial charge in [-0.2, -0.15) is 0 Å². The first-order chi connectivity index (χ1) is 11.3. The summed E-state index contributed by atoms with van der Waals surface area (Å²) in [6.45, 7) is 4.08. The zero-order chi connectivity index (χ0) is 17.3. The molecule has 1 fully saturated rings. The van der Waals surface area contributed by atoms with Crippen LogP contribution in [0, 0.1) is 13.8 Å². The van der Waals surface area contributed by atoms with Crippen LogP contribution in [0.25, 0.3) is 0 Å². The fourth-order valence-electron chi connectivity index (χ4n) is 2.69. The molecule has 1 aromatic heterocycles. The molecule has 1 aromatic carbocycles. The second kappa shape index (κ2) is 6.20. The Morgan fingerprint density at radius 2 is 1.88 bits per heavy atom. The van der Waals surface area contributed by atoms with Crippen LogP contribution in [0.2, 0.25) is 0 Å². The van der Waals surface area contributed by atoms with Gasteiger partial charge in [0.05, 0.1) is 11.4 Å². The zero-order valence-corrected chi connectivity index (χ0v) is 14.3. The van der Waals surface area contributed by atoms with Crippen molar-refractivity contribution in [2.24, 2.45) is 0 Å². The average molecular weight is 346 g/mol. The lowest BCUT2D eigenvalue weighted by atomic mass is 10.2.